The fourth-order valence-electron chi connectivity index (χ4n) is 1.33. The molecule has 2 nitrogen and oxygen atoms in total. The monoisotopic (exact) mass is 252 g/mol. The van der Waals surface area contributed by atoms with E-state index in [1.54, 1.807) is 7.11 Å². The number of hydrogen-bond acceptors (Lipinski definition) is 2. The minimum atomic E-state index is 0.148. The second kappa shape index (κ2) is 8.00. The van der Waals surface area contributed by atoms with E-state index in [9.17, 15) is 0 Å². The van der Waals surface area contributed by atoms with Crippen LogP contribution in [0, 0.1) is 11.8 Å². The third-order valence-corrected chi connectivity index (χ3v) is 2.35. The number of hydrogen-bond donors (Lipinski definition) is 0. The van der Waals surface area contributed by atoms with Crippen LogP contribution < -0.4 is 4.74 Å². The van der Waals surface area contributed by atoms with Crippen molar-refractivity contribution < 1.29 is 9.47 Å². The SMILES string of the molecule is COCCC(C)Oc1ccc(C#CCCl)cc1. The van der Waals surface area contributed by atoms with Crippen LogP contribution in [0.3, 0.4) is 0 Å². The Kier molecular flexibility index (Phi) is 6.54. The minimum absolute atomic E-state index is 0.148. The van der Waals surface area contributed by atoms with E-state index >= 15 is 0 Å². The lowest BCUT2D eigenvalue weighted by Crippen LogP contribution is -2.14. The highest BCUT2D eigenvalue weighted by molar-refractivity contribution is 6.19. The molecule has 0 heterocycles. The van der Waals surface area contributed by atoms with E-state index in [4.69, 9.17) is 21.1 Å². The van der Waals surface area contributed by atoms with E-state index in [1.165, 1.54) is 0 Å². The Balaban J connectivity index is 2.50. The fraction of sp³-hybridized carbons (Fsp3) is 0.429. The van der Waals surface area contributed by atoms with Gasteiger partial charge in [0.25, 0.3) is 0 Å². The first kappa shape index (κ1) is 13.9. The zero-order valence-corrected chi connectivity index (χ0v) is 11.0. The minimum Gasteiger partial charge on any atom is -0.491 e. The van der Waals surface area contributed by atoms with Gasteiger partial charge in [-0.05, 0) is 31.2 Å². The molecule has 0 saturated carbocycles. The molecule has 0 aliphatic heterocycles. The van der Waals surface area contributed by atoms with Gasteiger partial charge in [0.05, 0.1) is 12.0 Å². The molecule has 1 atom stereocenters. The second-order valence-electron chi connectivity index (χ2n) is 3.67. The van der Waals surface area contributed by atoms with Gasteiger partial charge in [0.2, 0.25) is 0 Å². The van der Waals surface area contributed by atoms with Crippen LogP contribution in [0.5, 0.6) is 5.75 Å². The molecule has 0 bridgehead atoms. The number of alkyl halides is 1. The summed E-state index contributed by atoms with van der Waals surface area (Å²) in [5.41, 5.74) is 0.947. The third kappa shape index (κ3) is 5.63. The second-order valence-corrected chi connectivity index (χ2v) is 3.94. The zero-order chi connectivity index (χ0) is 12.5. The largest absolute Gasteiger partial charge is 0.491 e. The Hall–Kier alpha value is -1.17. The Morgan fingerprint density at radius 1 is 1.29 bits per heavy atom. The van der Waals surface area contributed by atoms with Gasteiger partial charge < -0.3 is 9.47 Å². The maximum atomic E-state index is 5.72. The molecule has 0 saturated heterocycles. The highest BCUT2D eigenvalue weighted by Crippen LogP contribution is 2.14. The molecule has 1 rings (SSSR count). The summed E-state index contributed by atoms with van der Waals surface area (Å²) in [4.78, 5) is 0. The molecule has 0 amide bonds. The first-order valence-corrected chi connectivity index (χ1v) is 6.10. The molecule has 3 heteroatoms. The molecule has 1 unspecified atom stereocenters. The molecule has 1 aromatic rings. The van der Waals surface area contributed by atoms with Crippen molar-refractivity contribution in [3.63, 3.8) is 0 Å². The Bertz CT molecular complexity index is 375. The van der Waals surface area contributed by atoms with Gasteiger partial charge in [-0.15, -0.1) is 11.6 Å². The number of benzene rings is 1. The molecular formula is C14H17ClO2. The van der Waals surface area contributed by atoms with Crippen molar-refractivity contribution in [3.05, 3.63) is 29.8 Å². The molecule has 17 heavy (non-hydrogen) atoms. The molecule has 0 fully saturated rings. The van der Waals surface area contributed by atoms with E-state index in [1.807, 2.05) is 31.2 Å². The lowest BCUT2D eigenvalue weighted by Gasteiger charge is -2.14. The number of ether oxygens (including phenoxy) is 2. The van der Waals surface area contributed by atoms with E-state index in [0.29, 0.717) is 12.5 Å². The van der Waals surface area contributed by atoms with Crippen molar-refractivity contribution in [3.8, 4) is 17.6 Å². The first-order valence-electron chi connectivity index (χ1n) is 5.56. The quantitative estimate of drug-likeness (QED) is 0.592. The predicted octanol–water partition coefficient (Wildman–Crippen LogP) is 3.08. The zero-order valence-electron chi connectivity index (χ0n) is 10.2. The molecule has 0 spiro atoms. The molecule has 0 aliphatic carbocycles. The van der Waals surface area contributed by atoms with Gasteiger partial charge in [0.15, 0.2) is 0 Å². The fourth-order valence-corrected chi connectivity index (χ4v) is 1.39. The van der Waals surface area contributed by atoms with Crippen molar-refractivity contribution in [2.45, 2.75) is 19.4 Å². The predicted molar refractivity (Wildman–Crippen MR) is 70.6 cm³/mol. The van der Waals surface area contributed by atoms with Gasteiger partial charge in [-0.3, -0.25) is 0 Å². The summed E-state index contributed by atoms with van der Waals surface area (Å²) in [6.07, 6.45) is 1.03. The maximum absolute atomic E-state index is 5.72. The van der Waals surface area contributed by atoms with Gasteiger partial charge in [0.1, 0.15) is 5.75 Å². The molecular weight excluding hydrogens is 236 g/mol. The van der Waals surface area contributed by atoms with Crippen molar-refractivity contribution >= 4 is 11.6 Å². The van der Waals surface area contributed by atoms with E-state index in [2.05, 4.69) is 11.8 Å². The van der Waals surface area contributed by atoms with Crippen LogP contribution in [0.2, 0.25) is 0 Å². The highest BCUT2D eigenvalue weighted by atomic mass is 35.5. The van der Waals surface area contributed by atoms with E-state index in [-0.39, 0.29) is 6.10 Å². The van der Waals surface area contributed by atoms with Crippen LogP contribution in [-0.2, 0) is 4.74 Å². The molecule has 1 aromatic carbocycles. The van der Waals surface area contributed by atoms with Gasteiger partial charge in [-0.2, -0.15) is 0 Å². The van der Waals surface area contributed by atoms with Crippen LogP contribution in [0.25, 0.3) is 0 Å². The average Bonchev–Trinajstić information content (AvgIpc) is 2.35. The standard InChI is InChI=1S/C14H17ClO2/c1-12(9-11-16-2)17-14-7-5-13(6-8-14)4-3-10-15/h5-8,12H,9-11H2,1-2H3. The Morgan fingerprint density at radius 3 is 2.59 bits per heavy atom. The summed E-state index contributed by atoms with van der Waals surface area (Å²) in [5, 5.41) is 0. The van der Waals surface area contributed by atoms with Gasteiger partial charge in [-0.1, -0.05) is 11.8 Å². The number of rotatable bonds is 5. The van der Waals surface area contributed by atoms with Gasteiger partial charge in [-0.25, -0.2) is 0 Å². The van der Waals surface area contributed by atoms with Crippen molar-refractivity contribution in [1.29, 1.82) is 0 Å². The summed E-state index contributed by atoms with van der Waals surface area (Å²) < 4.78 is 10.7. The molecule has 0 aliphatic rings. The summed E-state index contributed by atoms with van der Waals surface area (Å²) in [7, 11) is 1.69. The first-order chi connectivity index (χ1) is 8.26. The van der Waals surface area contributed by atoms with Crippen LogP contribution in [0.15, 0.2) is 24.3 Å². The molecule has 0 N–H and O–H groups in total. The van der Waals surface area contributed by atoms with Crippen LogP contribution in [-0.4, -0.2) is 25.7 Å². The van der Waals surface area contributed by atoms with Crippen molar-refractivity contribution in [1.82, 2.24) is 0 Å². The lowest BCUT2D eigenvalue weighted by atomic mass is 10.2. The van der Waals surface area contributed by atoms with Gasteiger partial charge in [0, 0.05) is 25.7 Å². The number of methoxy groups -OCH3 is 1. The topological polar surface area (TPSA) is 18.5 Å². The summed E-state index contributed by atoms with van der Waals surface area (Å²) >= 11 is 5.49. The lowest BCUT2D eigenvalue weighted by molar-refractivity contribution is 0.135. The maximum Gasteiger partial charge on any atom is 0.119 e. The summed E-state index contributed by atoms with van der Waals surface area (Å²) in [6, 6.07) is 7.69. The van der Waals surface area contributed by atoms with Crippen molar-refractivity contribution in [2.24, 2.45) is 0 Å². The smallest absolute Gasteiger partial charge is 0.119 e. The highest BCUT2D eigenvalue weighted by Gasteiger charge is 2.03. The Morgan fingerprint density at radius 2 is 2.00 bits per heavy atom. The van der Waals surface area contributed by atoms with E-state index in [0.717, 1.165) is 17.7 Å². The third-order valence-electron chi connectivity index (χ3n) is 2.22. The Labute approximate surface area is 108 Å². The molecule has 0 aromatic heterocycles. The van der Waals surface area contributed by atoms with Crippen LogP contribution >= 0.6 is 11.6 Å². The van der Waals surface area contributed by atoms with Crippen LogP contribution in [0.4, 0.5) is 0 Å². The summed E-state index contributed by atoms with van der Waals surface area (Å²) in [5.74, 6) is 6.97. The number of halogens is 1. The molecule has 0 radical (unpaired) electrons. The van der Waals surface area contributed by atoms with Crippen LogP contribution in [0.1, 0.15) is 18.9 Å². The molecule has 92 valence electrons. The van der Waals surface area contributed by atoms with Gasteiger partial charge >= 0.3 is 0 Å². The normalized spacial score (nSPS) is 11.5. The summed E-state index contributed by atoms with van der Waals surface area (Å²) in [6.45, 7) is 2.74. The van der Waals surface area contributed by atoms with Crippen molar-refractivity contribution in [2.75, 3.05) is 19.6 Å². The average molecular weight is 253 g/mol. The van der Waals surface area contributed by atoms with E-state index < -0.39 is 0 Å².